The normalized spacial score (nSPS) is 16.5. The molecular weight excluding hydrogens is 469 g/mol. The number of likely N-dealkylation sites (N-methyl/N-ethyl adjacent to an activating group) is 1. The SMILES string of the molecule is CN(c1cc(F)c(S(=O)(=O)Cc2cscn2)c(F)c1)[C@H]1CCNC1.O=C(O)C(F)(F)F. The molecule has 1 aromatic carbocycles. The molecule has 14 heteroatoms. The molecule has 2 N–H and O–H groups in total. The Morgan fingerprint density at radius 1 is 1.32 bits per heavy atom. The quantitative estimate of drug-likeness (QED) is 0.626. The van der Waals surface area contributed by atoms with E-state index in [0.717, 1.165) is 31.6 Å². The Morgan fingerprint density at radius 2 is 1.90 bits per heavy atom. The number of hydrogen-bond donors (Lipinski definition) is 2. The summed E-state index contributed by atoms with van der Waals surface area (Å²) in [6.07, 6.45) is -4.22. The van der Waals surface area contributed by atoms with E-state index >= 15 is 0 Å². The van der Waals surface area contributed by atoms with Gasteiger partial charge in [0.15, 0.2) is 9.84 Å². The summed E-state index contributed by atoms with van der Waals surface area (Å²) >= 11 is 1.23. The number of benzene rings is 1. The van der Waals surface area contributed by atoms with E-state index in [1.807, 2.05) is 0 Å². The Labute approximate surface area is 178 Å². The van der Waals surface area contributed by atoms with Crippen molar-refractivity contribution in [2.75, 3.05) is 25.0 Å². The smallest absolute Gasteiger partial charge is 0.475 e. The molecule has 0 radical (unpaired) electrons. The number of hydrogen-bond acceptors (Lipinski definition) is 7. The van der Waals surface area contributed by atoms with Gasteiger partial charge < -0.3 is 15.3 Å². The molecule has 2 heterocycles. The Morgan fingerprint density at radius 3 is 2.32 bits per heavy atom. The van der Waals surface area contributed by atoms with Crippen molar-refractivity contribution in [3.8, 4) is 0 Å². The maximum atomic E-state index is 14.4. The van der Waals surface area contributed by atoms with Gasteiger partial charge >= 0.3 is 12.1 Å². The van der Waals surface area contributed by atoms with Gasteiger partial charge in [-0.05, 0) is 25.1 Å². The Kier molecular flexibility index (Phi) is 7.94. The lowest BCUT2D eigenvalue weighted by atomic mass is 10.2. The van der Waals surface area contributed by atoms with Crippen LogP contribution in [0.2, 0.25) is 0 Å². The van der Waals surface area contributed by atoms with E-state index in [0.29, 0.717) is 5.69 Å². The molecule has 7 nitrogen and oxygen atoms in total. The molecule has 0 saturated carbocycles. The van der Waals surface area contributed by atoms with Gasteiger partial charge in [-0.2, -0.15) is 13.2 Å². The molecule has 31 heavy (non-hydrogen) atoms. The van der Waals surface area contributed by atoms with Crippen LogP contribution in [0.5, 0.6) is 0 Å². The van der Waals surface area contributed by atoms with Crippen LogP contribution >= 0.6 is 11.3 Å². The molecule has 1 aliphatic heterocycles. The summed E-state index contributed by atoms with van der Waals surface area (Å²) in [6.45, 7) is 1.57. The average molecular weight is 487 g/mol. The van der Waals surface area contributed by atoms with Gasteiger partial charge in [0.2, 0.25) is 0 Å². The van der Waals surface area contributed by atoms with Crippen molar-refractivity contribution in [2.24, 2.45) is 0 Å². The molecule has 0 spiro atoms. The van der Waals surface area contributed by atoms with E-state index in [1.165, 1.54) is 16.8 Å². The summed E-state index contributed by atoms with van der Waals surface area (Å²) < 4.78 is 85.2. The number of carboxylic acid groups (broad SMARTS) is 1. The van der Waals surface area contributed by atoms with Crippen LogP contribution in [-0.2, 0) is 20.4 Å². The van der Waals surface area contributed by atoms with Crippen molar-refractivity contribution in [1.82, 2.24) is 10.3 Å². The van der Waals surface area contributed by atoms with E-state index in [4.69, 9.17) is 9.90 Å². The Hall–Kier alpha value is -2.32. The summed E-state index contributed by atoms with van der Waals surface area (Å²) in [5.41, 5.74) is 2.08. The lowest BCUT2D eigenvalue weighted by Gasteiger charge is -2.26. The minimum Gasteiger partial charge on any atom is -0.475 e. The molecule has 2 aromatic rings. The molecule has 0 amide bonds. The van der Waals surface area contributed by atoms with Gasteiger partial charge in [0.05, 0.1) is 17.0 Å². The number of sulfone groups is 1. The highest BCUT2D eigenvalue weighted by Crippen LogP contribution is 2.29. The number of anilines is 1. The summed E-state index contributed by atoms with van der Waals surface area (Å²) in [5, 5.41) is 11.9. The Balaban J connectivity index is 0.000000423. The fourth-order valence-electron chi connectivity index (χ4n) is 2.80. The van der Waals surface area contributed by atoms with Gasteiger partial charge in [0.25, 0.3) is 0 Å². The standard InChI is InChI=1S/C15H17F2N3O2S2.C2HF3O2/c1-20(11-2-3-18-6-11)12-4-13(16)15(14(17)5-12)24(21,22)8-10-7-23-9-19-10;3-2(4,5)1(6)7/h4-5,7,9,11,18H,2-3,6,8H2,1H3;(H,6,7)/t11-;/m0./s1. The zero-order chi connectivity index (χ0) is 23.4. The number of nitrogens with one attached hydrogen (secondary N) is 1. The highest BCUT2D eigenvalue weighted by Gasteiger charge is 2.38. The van der Waals surface area contributed by atoms with Crippen LogP contribution in [0.15, 0.2) is 27.9 Å². The van der Waals surface area contributed by atoms with Gasteiger partial charge in [-0.15, -0.1) is 11.3 Å². The maximum absolute atomic E-state index is 14.4. The molecule has 0 unspecified atom stereocenters. The fourth-order valence-corrected chi connectivity index (χ4v) is 4.87. The van der Waals surface area contributed by atoms with Crippen LogP contribution < -0.4 is 10.2 Å². The van der Waals surface area contributed by atoms with Crippen LogP contribution in [0, 0.1) is 11.6 Å². The number of halogens is 5. The maximum Gasteiger partial charge on any atom is 0.490 e. The molecule has 1 fully saturated rings. The number of alkyl halides is 3. The third-order valence-corrected chi connectivity index (χ3v) is 6.67. The number of aromatic nitrogens is 1. The molecule has 3 rings (SSSR count). The van der Waals surface area contributed by atoms with E-state index < -0.39 is 44.3 Å². The largest absolute Gasteiger partial charge is 0.490 e. The zero-order valence-electron chi connectivity index (χ0n) is 16.0. The van der Waals surface area contributed by atoms with Gasteiger partial charge in [-0.25, -0.2) is 27.0 Å². The van der Waals surface area contributed by atoms with Gasteiger partial charge in [0.1, 0.15) is 16.5 Å². The summed E-state index contributed by atoms with van der Waals surface area (Å²) in [4.78, 5) is 13.6. The molecular formula is C17H18F5N3O4S2. The first-order chi connectivity index (χ1) is 14.3. The van der Waals surface area contributed by atoms with Crippen molar-refractivity contribution < 1.29 is 40.3 Å². The lowest BCUT2D eigenvalue weighted by Crippen LogP contribution is -2.33. The molecule has 1 saturated heterocycles. The number of nitrogens with zero attached hydrogens (tertiary/aromatic N) is 2. The molecule has 0 aliphatic carbocycles. The average Bonchev–Trinajstić information content (AvgIpc) is 3.33. The first kappa shape index (κ1) is 24.9. The van der Waals surface area contributed by atoms with Crippen molar-refractivity contribution in [1.29, 1.82) is 0 Å². The van der Waals surface area contributed by atoms with Crippen LogP contribution in [0.1, 0.15) is 12.1 Å². The van der Waals surface area contributed by atoms with Gasteiger partial charge in [-0.1, -0.05) is 0 Å². The third-order valence-electron chi connectivity index (χ3n) is 4.35. The van der Waals surface area contributed by atoms with Crippen LogP contribution in [-0.4, -0.2) is 56.8 Å². The second-order valence-corrected chi connectivity index (χ2v) is 9.18. The van der Waals surface area contributed by atoms with E-state index in [2.05, 4.69) is 10.3 Å². The predicted octanol–water partition coefficient (Wildman–Crippen LogP) is 2.83. The molecule has 1 aromatic heterocycles. The Bertz CT molecular complexity index is 984. The highest BCUT2D eigenvalue weighted by molar-refractivity contribution is 7.90. The number of thiazole rings is 1. The minimum absolute atomic E-state index is 0.126. The number of carboxylic acids is 1. The van der Waals surface area contributed by atoms with Crippen molar-refractivity contribution in [2.45, 2.75) is 29.3 Å². The predicted molar refractivity (Wildman–Crippen MR) is 103 cm³/mol. The second kappa shape index (κ2) is 9.87. The van der Waals surface area contributed by atoms with E-state index in [-0.39, 0.29) is 11.7 Å². The number of aliphatic carboxylic acids is 1. The summed E-state index contributed by atoms with van der Waals surface area (Å²) in [5.74, 6) is -5.42. The van der Waals surface area contributed by atoms with E-state index in [1.54, 1.807) is 17.3 Å². The molecule has 0 bridgehead atoms. The number of rotatable bonds is 5. The third kappa shape index (κ3) is 6.58. The fraction of sp³-hybridized carbons (Fsp3) is 0.412. The van der Waals surface area contributed by atoms with Crippen LogP contribution in [0.4, 0.5) is 27.6 Å². The topological polar surface area (TPSA) is 99.6 Å². The van der Waals surface area contributed by atoms with Crippen molar-refractivity contribution >= 4 is 32.8 Å². The number of carbonyl (C=O) groups is 1. The molecule has 172 valence electrons. The molecule has 1 aliphatic rings. The summed E-state index contributed by atoms with van der Waals surface area (Å²) in [6, 6.07) is 2.28. The van der Waals surface area contributed by atoms with Gasteiger partial charge in [0, 0.05) is 30.7 Å². The first-order valence-corrected chi connectivity index (χ1v) is 11.2. The lowest BCUT2D eigenvalue weighted by molar-refractivity contribution is -0.192. The van der Waals surface area contributed by atoms with Crippen molar-refractivity contribution in [3.05, 3.63) is 40.4 Å². The monoisotopic (exact) mass is 487 g/mol. The van der Waals surface area contributed by atoms with E-state index in [9.17, 15) is 30.4 Å². The van der Waals surface area contributed by atoms with Gasteiger partial charge in [-0.3, -0.25) is 0 Å². The summed E-state index contributed by atoms with van der Waals surface area (Å²) in [7, 11) is -2.40. The molecule has 1 atom stereocenters. The first-order valence-electron chi connectivity index (χ1n) is 8.65. The zero-order valence-corrected chi connectivity index (χ0v) is 17.6. The highest BCUT2D eigenvalue weighted by atomic mass is 32.2. The second-order valence-electron chi connectivity index (χ2n) is 6.54. The van der Waals surface area contributed by atoms with Crippen LogP contribution in [0.25, 0.3) is 0 Å². The minimum atomic E-state index is -5.08. The van der Waals surface area contributed by atoms with Crippen LogP contribution in [0.3, 0.4) is 0 Å². The van der Waals surface area contributed by atoms with Crippen molar-refractivity contribution in [3.63, 3.8) is 0 Å².